The number of methoxy groups -OCH3 is 1. The molecule has 0 spiro atoms. The Morgan fingerprint density at radius 2 is 2.07 bits per heavy atom. The number of carbonyl (C=O) groups is 1. The van der Waals surface area contributed by atoms with Crippen molar-refractivity contribution < 1.29 is 9.53 Å². The Hall–Kier alpha value is -2.32. The van der Waals surface area contributed by atoms with E-state index >= 15 is 0 Å². The first-order valence-electron chi connectivity index (χ1n) is 8.98. The molecule has 28 heavy (non-hydrogen) atoms. The van der Waals surface area contributed by atoms with Gasteiger partial charge in [-0.25, -0.2) is 4.98 Å². The SMILES string of the molecule is CCn1c(SC(C)C(=O)Nc2ccccc2OC)nc2sc(C)c(C)c2c1=O. The maximum Gasteiger partial charge on any atom is 0.263 e. The summed E-state index contributed by atoms with van der Waals surface area (Å²) >= 11 is 2.80. The molecule has 1 atom stereocenters. The molecule has 0 aliphatic rings. The van der Waals surface area contributed by atoms with E-state index in [0.29, 0.717) is 28.5 Å². The molecular formula is C20H23N3O3S2. The second-order valence-corrected chi connectivity index (χ2v) is 8.87. The summed E-state index contributed by atoms with van der Waals surface area (Å²) in [7, 11) is 1.56. The van der Waals surface area contributed by atoms with Crippen LogP contribution in [0.4, 0.5) is 5.69 Å². The van der Waals surface area contributed by atoms with Crippen molar-refractivity contribution in [2.45, 2.75) is 44.6 Å². The Morgan fingerprint density at radius 3 is 2.75 bits per heavy atom. The highest BCUT2D eigenvalue weighted by atomic mass is 32.2. The van der Waals surface area contributed by atoms with Gasteiger partial charge in [0.2, 0.25) is 5.91 Å². The molecule has 0 saturated heterocycles. The van der Waals surface area contributed by atoms with Crippen LogP contribution in [0.15, 0.2) is 34.2 Å². The molecule has 1 unspecified atom stereocenters. The summed E-state index contributed by atoms with van der Waals surface area (Å²) in [6.45, 7) is 8.16. The van der Waals surface area contributed by atoms with Crippen LogP contribution in [0.5, 0.6) is 5.75 Å². The van der Waals surface area contributed by atoms with Crippen LogP contribution in [0, 0.1) is 13.8 Å². The van der Waals surface area contributed by atoms with Gasteiger partial charge in [-0.05, 0) is 45.4 Å². The number of rotatable bonds is 6. The zero-order valence-corrected chi connectivity index (χ0v) is 18.2. The molecule has 0 fully saturated rings. The normalized spacial score (nSPS) is 12.2. The fraction of sp³-hybridized carbons (Fsp3) is 0.350. The second kappa shape index (κ2) is 8.36. The van der Waals surface area contributed by atoms with Crippen molar-refractivity contribution in [3.05, 3.63) is 45.1 Å². The molecule has 3 aromatic rings. The van der Waals surface area contributed by atoms with Gasteiger partial charge in [0, 0.05) is 11.4 Å². The molecule has 1 aromatic carbocycles. The number of aromatic nitrogens is 2. The number of para-hydroxylation sites is 2. The number of aryl methyl sites for hydroxylation is 2. The van der Waals surface area contributed by atoms with E-state index in [1.165, 1.54) is 23.1 Å². The molecule has 2 aromatic heterocycles. The van der Waals surface area contributed by atoms with Gasteiger partial charge < -0.3 is 10.1 Å². The average molecular weight is 418 g/mol. The van der Waals surface area contributed by atoms with Crippen molar-refractivity contribution in [2.75, 3.05) is 12.4 Å². The molecule has 0 bridgehead atoms. The van der Waals surface area contributed by atoms with Gasteiger partial charge in [-0.15, -0.1) is 11.3 Å². The predicted octanol–water partition coefficient (Wildman–Crippen LogP) is 4.22. The third kappa shape index (κ3) is 3.79. The van der Waals surface area contributed by atoms with E-state index in [4.69, 9.17) is 9.72 Å². The first-order chi connectivity index (χ1) is 13.4. The van der Waals surface area contributed by atoms with Gasteiger partial charge in [-0.1, -0.05) is 23.9 Å². The van der Waals surface area contributed by atoms with Gasteiger partial charge in [-0.2, -0.15) is 0 Å². The molecule has 1 N–H and O–H groups in total. The monoisotopic (exact) mass is 417 g/mol. The third-order valence-electron chi connectivity index (χ3n) is 4.59. The lowest BCUT2D eigenvalue weighted by molar-refractivity contribution is -0.115. The van der Waals surface area contributed by atoms with E-state index < -0.39 is 5.25 Å². The van der Waals surface area contributed by atoms with Gasteiger partial charge in [0.15, 0.2) is 5.16 Å². The zero-order valence-electron chi connectivity index (χ0n) is 16.5. The van der Waals surface area contributed by atoms with Gasteiger partial charge in [0.1, 0.15) is 10.6 Å². The molecule has 148 valence electrons. The molecule has 1 amide bonds. The highest BCUT2D eigenvalue weighted by Crippen LogP contribution is 2.30. The van der Waals surface area contributed by atoms with Crippen molar-refractivity contribution in [1.82, 2.24) is 9.55 Å². The van der Waals surface area contributed by atoms with E-state index in [9.17, 15) is 9.59 Å². The summed E-state index contributed by atoms with van der Waals surface area (Å²) in [6, 6.07) is 7.26. The van der Waals surface area contributed by atoms with Crippen LogP contribution in [0.1, 0.15) is 24.3 Å². The Balaban J connectivity index is 1.89. The minimum absolute atomic E-state index is 0.0470. The number of hydrogen-bond acceptors (Lipinski definition) is 6. The number of benzene rings is 1. The van der Waals surface area contributed by atoms with Crippen molar-refractivity contribution in [2.24, 2.45) is 0 Å². The van der Waals surface area contributed by atoms with Gasteiger partial charge in [0.05, 0.1) is 23.4 Å². The number of nitrogens with one attached hydrogen (secondary N) is 1. The van der Waals surface area contributed by atoms with Gasteiger partial charge in [0.25, 0.3) is 5.56 Å². The van der Waals surface area contributed by atoms with Crippen LogP contribution >= 0.6 is 23.1 Å². The van der Waals surface area contributed by atoms with Crippen LogP contribution in [0.25, 0.3) is 10.2 Å². The average Bonchev–Trinajstić information content (AvgIpc) is 2.96. The Labute approximate surface area is 171 Å². The maximum atomic E-state index is 12.9. The minimum Gasteiger partial charge on any atom is -0.495 e. The van der Waals surface area contributed by atoms with E-state index in [1.807, 2.05) is 32.9 Å². The summed E-state index contributed by atoms with van der Waals surface area (Å²) in [5, 5.41) is 3.69. The van der Waals surface area contributed by atoms with Crippen molar-refractivity contribution in [3.63, 3.8) is 0 Å². The van der Waals surface area contributed by atoms with E-state index in [0.717, 1.165) is 15.3 Å². The summed E-state index contributed by atoms with van der Waals surface area (Å²) in [5.41, 5.74) is 1.55. The van der Waals surface area contributed by atoms with Gasteiger partial charge in [-0.3, -0.25) is 14.2 Å². The predicted molar refractivity (Wildman–Crippen MR) is 116 cm³/mol. The first-order valence-corrected chi connectivity index (χ1v) is 10.7. The van der Waals surface area contributed by atoms with Crippen LogP contribution in [-0.4, -0.2) is 27.8 Å². The smallest absolute Gasteiger partial charge is 0.263 e. The number of thioether (sulfide) groups is 1. The standard InChI is InChI=1S/C20H23N3O3S2/c1-6-23-19(25)16-11(2)12(3)27-18(16)22-20(23)28-13(4)17(24)21-14-9-7-8-10-15(14)26-5/h7-10,13H,6H2,1-5H3,(H,21,24). The quantitative estimate of drug-likeness (QED) is 0.480. The Bertz CT molecular complexity index is 1090. The summed E-state index contributed by atoms with van der Waals surface area (Å²) in [4.78, 5) is 32.1. The highest BCUT2D eigenvalue weighted by molar-refractivity contribution is 8.00. The van der Waals surface area contributed by atoms with Crippen LogP contribution < -0.4 is 15.6 Å². The molecule has 6 nitrogen and oxygen atoms in total. The number of fused-ring (bicyclic) bond motifs is 1. The highest BCUT2D eigenvalue weighted by Gasteiger charge is 2.21. The molecule has 0 saturated carbocycles. The fourth-order valence-corrected chi connectivity index (χ4v) is 4.91. The number of carbonyl (C=O) groups excluding carboxylic acids is 1. The third-order valence-corrected chi connectivity index (χ3v) is 6.78. The number of nitrogens with zero attached hydrogens (tertiary/aromatic N) is 2. The van der Waals surface area contributed by atoms with Crippen LogP contribution in [-0.2, 0) is 11.3 Å². The van der Waals surface area contributed by atoms with Crippen molar-refractivity contribution in [3.8, 4) is 5.75 Å². The summed E-state index contributed by atoms with van der Waals surface area (Å²) in [6.07, 6.45) is 0. The number of amides is 1. The minimum atomic E-state index is -0.436. The van der Waals surface area contributed by atoms with Crippen molar-refractivity contribution >= 4 is 44.9 Å². The molecule has 0 aliphatic heterocycles. The number of thiophene rings is 1. The lowest BCUT2D eigenvalue weighted by Crippen LogP contribution is -2.26. The zero-order chi connectivity index (χ0) is 20.4. The lowest BCUT2D eigenvalue weighted by Gasteiger charge is -2.16. The number of ether oxygens (including phenoxy) is 1. The molecule has 0 aliphatic carbocycles. The lowest BCUT2D eigenvalue weighted by atomic mass is 10.2. The molecule has 3 rings (SSSR count). The van der Waals surface area contributed by atoms with E-state index in [1.54, 1.807) is 30.7 Å². The fourth-order valence-electron chi connectivity index (χ4n) is 2.87. The largest absolute Gasteiger partial charge is 0.495 e. The van der Waals surface area contributed by atoms with E-state index in [-0.39, 0.29) is 11.5 Å². The second-order valence-electron chi connectivity index (χ2n) is 6.36. The Kier molecular flexibility index (Phi) is 6.10. The molecule has 2 heterocycles. The van der Waals surface area contributed by atoms with Crippen molar-refractivity contribution in [1.29, 1.82) is 0 Å². The topological polar surface area (TPSA) is 73.2 Å². The van der Waals surface area contributed by atoms with Crippen LogP contribution in [0.3, 0.4) is 0 Å². The Morgan fingerprint density at radius 1 is 1.36 bits per heavy atom. The molecule has 8 heteroatoms. The van der Waals surface area contributed by atoms with Gasteiger partial charge >= 0.3 is 0 Å². The maximum absolute atomic E-state index is 12.9. The summed E-state index contributed by atoms with van der Waals surface area (Å²) in [5.74, 6) is 0.424. The van der Waals surface area contributed by atoms with Crippen LogP contribution in [0.2, 0.25) is 0 Å². The van der Waals surface area contributed by atoms with E-state index in [2.05, 4.69) is 5.32 Å². The first kappa shape index (κ1) is 20.4. The summed E-state index contributed by atoms with van der Waals surface area (Å²) < 4.78 is 6.92. The molecular weight excluding hydrogens is 394 g/mol. The number of anilines is 1. The number of hydrogen-bond donors (Lipinski definition) is 1. The molecule has 0 radical (unpaired) electrons.